The fourth-order valence-electron chi connectivity index (χ4n) is 1.86. The van der Waals surface area contributed by atoms with Gasteiger partial charge in [-0.1, -0.05) is 13.8 Å². The summed E-state index contributed by atoms with van der Waals surface area (Å²) < 4.78 is 0. The second-order valence-electron chi connectivity index (χ2n) is 4.47. The number of piperazine rings is 1. The Labute approximate surface area is 95.5 Å². The summed E-state index contributed by atoms with van der Waals surface area (Å²) in [5.41, 5.74) is 1.23. The zero-order valence-corrected chi connectivity index (χ0v) is 10.5. The van der Waals surface area contributed by atoms with Crippen LogP contribution < -0.4 is 5.32 Å². The van der Waals surface area contributed by atoms with E-state index in [-0.39, 0.29) is 0 Å². The van der Waals surface area contributed by atoms with Gasteiger partial charge in [0.15, 0.2) is 0 Å². The van der Waals surface area contributed by atoms with Crippen LogP contribution in [0.3, 0.4) is 0 Å². The fourth-order valence-corrected chi connectivity index (χ4v) is 2.74. The molecule has 0 radical (unpaired) electrons. The average molecular weight is 225 g/mol. The molecule has 0 spiro atoms. The molecule has 3 nitrogen and oxygen atoms in total. The molecular weight excluding hydrogens is 206 g/mol. The van der Waals surface area contributed by atoms with E-state index in [1.165, 1.54) is 10.7 Å². The normalized spacial score (nSPS) is 23.6. The van der Waals surface area contributed by atoms with Gasteiger partial charge in [0.05, 0.1) is 16.7 Å². The van der Waals surface area contributed by atoms with E-state index in [9.17, 15) is 0 Å². The summed E-state index contributed by atoms with van der Waals surface area (Å²) in [6, 6.07) is 0.461. The third kappa shape index (κ3) is 2.38. The zero-order valence-electron chi connectivity index (χ0n) is 9.66. The Balaban J connectivity index is 2.13. The molecule has 1 N–H and O–H groups in total. The number of likely N-dealkylation sites (N-methyl/N-ethyl adjacent to an activating group) is 1. The number of hydrogen-bond donors (Lipinski definition) is 1. The summed E-state index contributed by atoms with van der Waals surface area (Å²) >= 11 is 1.79. The molecule has 1 aromatic rings. The van der Waals surface area contributed by atoms with Crippen LogP contribution in [0.15, 0.2) is 5.38 Å². The SMILES string of the molecule is CC(C)c1nc(C2CNCCN2C)cs1. The Morgan fingerprint density at radius 2 is 2.40 bits per heavy atom. The van der Waals surface area contributed by atoms with Crippen LogP contribution in [0.2, 0.25) is 0 Å². The topological polar surface area (TPSA) is 28.2 Å². The van der Waals surface area contributed by atoms with Crippen molar-refractivity contribution in [3.8, 4) is 0 Å². The quantitative estimate of drug-likeness (QED) is 0.832. The van der Waals surface area contributed by atoms with Crippen LogP contribution in [-0.4, -0.2) is 36.6 Å². The van der Waals surface area contributed by atoms with Gasteiger partial charge in [-0.15, -0.1) is 11.3 Å². The van der Waals surface area contributed by atoms with Crippen molar-refractivity contribution in [1.29, 1.82) is 0 Å². The molecule has 0 bridgehead atoms. The highest BCUT2D eigenvalue weighted by Crippen LogP contribution is 2.26. The lowest BCUT2D eigenvalue weighted by Crippen LogP contribution is -2.43. The average Bonchev–Trinajstić information content (AvgIpc) is 2.67. The first kappa shape index (κ1) is 11.0. The Morgan fingerprint density at radius 1 is 1.60 bits per heavy atom. The molecular formula is C11H19N3S. The minimum absolute atomic E-state index is 0.461. The monoisotopic (exact) mass is 225 g/mol. The van der Waals surface area contributed by atoms with Crippen molar-refractivity contribution >= 4 is 11.3 Å². The maximum Gasteiger partial charge on any atom is 0.0954 e. The lowest BCUT2D eigenvalue weighted by Gasteiger charge is -2.31. The maximum atomic E-state index is 4.72. The first-order valence-corrected chi connectivity index (χ1v) is 6.42. The summed E-state index contributed by atoms with van der Waals surface area (Å²) in [7, 11) is 2.18. The predicted molar refractivity (Wildman–Crippen MR) is 64.4 cm³/mol. The third-order valence-electron chi connectivity index (χ3n) is 2.89. The van der Waals surface area contributed by atoms with Gasteiger partial charge in [-0.2, -0.15) is 0 Å². The van der Waals surface area contributed by atoms with Crippen LogP contribution in [0.5, 0.6) is 0 Å². The van der Waals surface area contributed by atoms with Crippen molar-refractivity contribution in [1.82, 2.24) is 15.2 Å². The fraction of sp³-hybridized carbons (Fsp3) is 0.727. The van der Waals surface area contributed by atoms with Crippen LogP contribution in [0.4, 0.5) is 0 Å². The number of nitrogens with one attached hydrogen (secondary N) is 1. The number of hydrogen-bond acceptors (Lipinski definition) is 4. The van der Waals surface area contributed by atoms with E-state index in [0.29, 0.717) is 12.0 Å². The first-order valence-electron chi connectivity index (χ1n) is 5.54. The number of thiazole rings is 1. The molecule has 15 heavy (non-hydrogen) atoms. The van der Waals surface area contributed by atoms with Crippen molar-refractivity contribution in [3.63, 3.8) is 0 Å². The molecule has 4 heteroatoms. The van der Waals surface area contributed by atoms with Crippen molar-refractivity contribution in [2.75, 3.05) is 26.7 Å². The molecule has 2 rings (SSSR count). The van der Waals surface area contributed by atoms with E-state index in [2.05, 4.69) is 36.5 Å². The van der Waals surface area contributed by atoms with Crippen molar-refractivity contribution in [3.05, 3.63) is 16.1 Å². The number of aromatic nitrogens is 1. The van der Waals surface area contributed by atoms with E-state index in [4.69, 9.17) is 4.98 Å². The second-order valence-corrected chi connectivity index (χ2v) is 5.36. The minimum atomic E-state index is 0.461. The smallest absolute Gasteiger partial charge is 0.0954 e. The van der Waals surface area contributed by atoms with E-state index in [1.54, 1.807) is 11.3 Å². The van der Waals surface area contributed by atoms with Gasteiger partial charge in [0.2, 0.25) is 0 Å². The molecule has 1 saturated heterocycles. The molecule has 0 amide bonds. The minimum Gasteiger partial charge on any atom is -0.313 e. The van der Waals surface area contributed by atoms with Crippen molar-refractivity contribution in [2.24, 2.45) is 0 Å². The Bertz CT molecular complexity index is 321. The third-order valence-corrected chi connectivity index (χ3v) is 4.05. The molecule has 0 saturated carbocycles. The number of nitrogens with zero attached hydrogens (tertiary/aromatic N) is 2. The summed E-state index contributed by atoms with van der Waals surface area (Å²) in [5, 5.41) is 6.89. The summed E-state index contributed by atoms with van der Waals surface area (Å²) in [5.74, 6) is 0.547. The first-order chi connectivity index (χ1) is 7.18. The molecule has 0 aromatic carbocycles. The van der Waals surface area contributed by atoms with Gasteiger partial charge in [0, 0.05) is 30.9 Å². The molecule has 1 aliphatic heterocycles. The molecule has 1 unspecified atom stereocenters. The number of rotatable bonds is 2. The van der Waals surface area contributed by atoms with Crippen LogP contribution in [0.25, 0.3) is 0 Å². The summed E-state index contributed by atoms with van der Waals surface area (Å²) in [6.07, 6.45) is 0. The standard InChI is InChI=1S/C11H19N3S/c1-8(2)11-13-9(7-15-11)10-6-12-4-5-14(10)3/h7-8,10,12H,4-6H2,1-3H3. The largest absolute Gasteiger partial charge is 0.313 e. The molecule has 1 fully saturated rings. The summed E-state index contributed by atoms with van der Waals surface area (Å²) in [4.78, 5) is 7.11. The van der Waals surface area contributed by atoms with Gasteiger partial charge < -0.3 is 5.32 Å². The molecule has 1 atom stereocenters. The van der Waals surface area contributed by atoms with E-state index >= 15 is 0 Å². The second kappa shape index (κ2) is 4.60. The van der Waals surface area contributed by atoms with E-state index in [1.807, 2.05) is 0 Å². The van der Waals surface area contributed by atoms with E-state index < -0.39 is 0 Å². The van der Waals surface area contributed by atoms with Crippen molar-refractivity contribution in [2.45, 2.75) is 25.8 Å². The van der Waals surface area contributed by atoms with Crippen LogP contribution in [0.1, 0.15) is 36.5 Å². The van der Waals surface area contributed by atoms with Gasteiger partial charge in [0.25, 0.3) is 0 Å². The Kier molecular flexibility index (Phi) is 3.38. The highest BCUT2D eigenvalue weighted by molar-refractivity contribution is 7.09. The van der Waals surface area contributed by atoms with Gasteiger partial charge in [0.1, 0.15) is 0 Å². The highest BCUT2D eigenvalue weighted by Gasteiger charge is 2.22. The van der Waals surface area contributed by atoms with Crippen molar-refractivity contribution < 1.29 is 0 Å². The summed E-state index contributed by atoms with van der Waals surface area (Å²) in [6.45, 7) is 7.63. The predicted octanol–water partition coefficient (Wildman–Crippen LogP) is 1.84. The van der Waals surface area contributed by atoms with Gasteiger partial charge in [-0.05, 0) is 7.05 Å². The Hall–Kier alpha value is -0.450. The van der Waals surface area contributed by atoms with Gasteiger partial charge >= 0.3 is 0 Å². The Morgan fingerprint density at radius 3 is 3.00 bits per heavy atom. The lowest BCUT2D eigenvalue weighted by atomic mass is 10.1. The van der Waals surface area contributed by atoms with E-state index in [0.717, 1.165) is 19.6 Å². The lowest BCUT2D eigenvalue weighted by molar-refractivity contribution is 0.199. The van der Waals surface area contributed by atoms with Crippen LogP contribution in [-0.2, 0) is 0 Å². The van der Waals surface area contributed by atoms with Crippen LogP contribution >= 0.6 is 11.3 Å². The maximum absolute atomic E-state index is 4.72. The molecule has 2 heterocycles. The van der Waals surface area contributed by atoms with Crippen LogP contribution in [0, 0.1) is 0 Å². The van der Waals surface area contributed by atoms with Gasteiger partial charge in [-0.25, -0.2) is 4.98 Å². The van der Waals surface area contributed by atoms with Gasteiger partial charge in [-0.3, -0.25) is 4.90 Å². The molecule has 1 aliphatic rings. The molecule has 0 aliphatic carbocycles. The molecule has 84 valence electrons. The zero-order chi connectivity index (χ0) is 10.8. The molecule has 1 aromatic heterocycles. The highest BCUT2D eigenvalue weighted by atomic mass is 32.1.